The second-order valence-corrected chi connectivity index (χ2v) is 2.36. The molecule has 0 aromatic heterocycles. The fourth-order valence-corrected chi connectivity index (χ4v) is 0.627. The Labute approximate surface area is 91.6 Å². The van der Waals surface area contributed by atoms with Crippen LogP contribution in [0.25, 0.3) is 0 Å². The Kier molecular flexibility index (Phi) is 7.75. The molecule has 0 amide bonds. The number of nitrogens with zero attached hydrogens (tertiary/aromatic N) is 1. The SMILES string of the molecule is FC(F)(F)c1ccccc1.F[B-](F)(F)F.N#[NH+]. The molecule has 96 valence electrons. The van der Waals surface area contributed by atoms with Crippen molar-refractivity contribution in [2.75, 3.05) is 0 Å². The molecule has 1 rings (SSSR count). The first kappa shape index (κ1) is 17.6. The zero-order valence-electron chi connectivity index (χ0n) is 8.06. The Morgan fingerprint density at radius 2 is 1.18 bits per heavy atom. The van der Waals surface area contributed by atoms with Crippen molar-refractivity contribution in [1.29, 1.82) is 5.39 Å². The molecule has 1 N–H and O–H groups in total. The van der Waals surface area contributed by atoms with E-state index in [4.69, 9.17) is 10.8 Å². The van der Waals surface area contributed by atoms with Crippen LogP contribution in [-0.4, -0.2) is 7.25 Å². The van der Waals surface area contributed by atoms with Gasteiger partial charge in [0.2, 0.25) is 5.39 Å². The van der Waals surface area contributed by atoms with Gasteiger partial charge in [-0.25, -0.2) is 0 Å². The molecular weight excluding hydrogens is 256 g/mol. The Balaban J connectivity index is 0. The van der Waals surface area contributed by atoms with Gasteiger partial charge < -0.3 is 17.3 Å². The van der Waals surface area contributed by atoms with Crippen LogP contribution in [0, 0.1) is 5.39 Å². The summed E-state index contributed by atoms with van der Waals surface area (Å²) >= 11 is 0. The molecule has 0 atom stereocenters. The number of halogens is 7. The van der Waals surface area contributed by atoms with Gasteiger partial charge in [0.15, 0.2) is 0 Å². The van der Waals surface area contributed by atoms with Gasteiger partial charge in [-0.1, -0.05) is 30.3 Å². The molecule has 0 spiro atoms. The Hall–Kier alpha value is -1.79. The van der Waals surface area contributed by atoms with Gasteiger partial charge >= 0.3 is 13.4 Å². The molecule has 0 aliphatic heterocycles. The van der Waals surface area contributed by atoms with Gasteiger partial charge in [-0.15, -0.1) is 0 Å². The van der Waals surface area contributed by atoms with Gasteiger partial charge in [0.05, 0.1) is 11.0 Å². The fraction of sp³-hybridized carbons (Fsp3) is 0.143. The van der Waals surface area contributed by atoms with Crippen molar-refractivity contribution in [2.45, 2.75) is 6.18 Å². The van der Waals surface area contributed by atoms with Crippen LogP contribution >= 0.6 is 0 Å². The molecule has 2 nitrogen and oxygen atoms in total. The summed E-state index contributed by atoms with van der Waals surface area (Å²) in [6.07, 6.45) is -4.21. The number of nitrogens with one attached hydrogen (secondary N) is 1. The van der Waals surface area contributed by atoms with Crippen molar-refractivity contribution >= 4 is 7.25 Å². The van der Waals surface area contributed by atoms with Crippen LogP contribution < -0.4 is 5.39 Å². The summed E-state index contributed by atoms with van der Waals surface area (Å²) in [6, 6.07) is 6.36. The van der Waals surface area contributed by atoms with Crippen LogP contribution in [0.15, 0.2) is 30.3 Å². The lowest BCUT2D eigenvalue weighted by molar-refractivity contribution is -0.175. The third-order valence-electron chi connectivity index (χ3n) is 1.10. The van der Waals surface area contributed by atoms with Crippen molar-refractivity contribution in [3.8, 4) is 0 Å². The number of diazo groups is 1. The minimum Gasteiger partial charge on any atom is -0.418 e. The highest BCUT2D eigenvalue weighted by Crippen LogP contribution is 2.28. The molecule has 0 bridgehead atoms. The molecule has 0 heterocycles. The van der Waals surface area contributed by atoms with E-state index < -0.39 is 19.0 Å². The van der Waals surface area contributed by atoms with Gasteiger partial charge in [0.1, 0.15) is 0 Å². The van der Waals surface area contributed by atoms with E-state index in [0.717, 1.165) is 12.1 Å². The first-order valence-electron chi connectivity index (χ1n) is 3.82. The van der Waals surface area contributed by atoms with Crippen molar-refractivity contribution in [1.82, 2.24) is 0 Å². The van der Waals surface area contributed by atoms with E-state index in [1.54, 1.807) is 6.07 Å². The summed E-state index contributed by atoms with van der Waals surface area (Å²) < 4.78 is 74.4. The maximum absolute atomic E-state index is 11.8. The lowest BCUT2D eigenvalue weighted by Crippen LogP contribution is -2.11. The smallest absolute Gasteiger partial charge is 0.418 e. The van der Waals surface area contributed by atoms with Crippen LogP contribution in [0.1, 0.15) is 5.56 Å². The second kappa shape index (κ2) is 7.48. The number of hydrogen-bond acceptors (Lipinski definition) is 1. The lowest BCUT2D eigenvalue weighted by Gasteiger charge is -2.03. The quantitative estimate of drug-likeness (QED) is 0.435. The Morgan fingerprint density at radius 1 is 0.882 bits per heavy atom. The largest absolute Gasteiger partial charge is 0.673 e. The second-order valence-electron chi connectivity index (χ2n) is 2.36. The van der Waals surface area contributed by atoms with Crippen LogP contribution in [0.5, 0.6) is 0 Å². The average molecular weight is 262 g/mol. The summed E-state index contributed by atoms with van der Waals surface area (Å²) in [4.78, 5) is 0. The molecule has 0 unspecified atom stereocenters. The van der Waals surface area contributed by atoms with E-state index in [2.05, 4.69) is 0 Å². The monoisotopic (exact) mass is 262 g/mol. The van der Waals surface area contributed by atoms with Crippen LogP contribution in [0.3, 0.4) is 0 Å². The molecule has 1 aromatic rings. The van der Waals surface area contributed by atoms with Gasteiger partial charge in [-0.2, -0.15) is 13.2 Å². The van der Waals surface area contributed by atoms with E-state index in [-0.39, 0.29) is 0 Å². The van der Waals surface area contributed by atoms with Gasteiger partial charge in [0, 0.05) is 0 Å². The zero-order chi connectivity index (χ0) is 14.1. The van der Waals surface area contributed by atoms with Crippen molar-refractivity contribution in [3.05, 3.63) is 35.9 Å². The van der Waals surface area contributed by atoms with Crippen molar-refractivity contribution in [3.63, 3.8) is 0 Å². The van der Waals surface area contributed by atoms with Crippen LogP contribution in [-0.2, 0) is 6.18 Å². The molecule has 0 aliphatic rings. The highest BCUT2D eigenvalue weighted by Gasteiger charge is 2.29. The molecule has 0 aliphatic carbocycles. The first-order chi connectivity index (χ1) is 7.61. The third kappa shape index (κ3) is 14.2. The Morgan fingerprint density at radius 3 is 1.35 bits per heavy atom. The number of alkyl halides is 3. The van der Waals surface area contributed by atoms with E-state index in [1.165, 1.54) is 12.1 Å². The van der Waals surface area contributed by atoms with E-state index in [1.807, 2.05) is 0 Å². The molecular formula is C7H6BF7N2. The summed E-state index contributed by atoms with van der Waals surface area (Å²) in [7, 11) is -6.00. The minimum atomic E-state index is -6.00. The summed E-state index contributed by atoms with van der Waals surface area (Å²) in [5.74, 6) is 0. The third-order valence-corrected chi connectivity index (χ3v) is 1.10. The van der Waals surface area contributed by atoms with Gasteiger partial charge in [0.25, 0.3) is 0 Å². The number of benzene rings is 1. The predicted molar refractivity (Wildman–Crippen MR) is 44.3 cm³/mol. The fourth-order valence-electron chi connectivity index (χ4n) is 0.627. The lowest BCUT2D eigenvalue weighted by atomic mass is 10.2. The molecule has 1 aromatic carbocycles. The van der Waals surface area contributed by atoms with Crippen LogP contribution in [0.4, 0.5) is 30.4 Å². The summed E-state index contributed by atoms with van der Waals surface area (Å²) in [5.41, 5.74) is -0.602. The zero-order valence-corrected chi connectivity index (χ0v) is 8.06. The first-order valence-corrected chi connectivity index (χ1v) is 3.82. The highest BCUT2D eigenvalue weighted by atomic mass is 19.5. The topological polar surface area (TPSA) is 47.6 Å². The highest BCUT2D eigenvalue weighted by molar-refractivity contribution is 6.50. The standard InChI is InChI=1S/C7H5F3.BF4.N2/c8-7(9,10)6-4-2-1-3-5-6;2-1(3,4)5;1-2/h1-5H;;/q;-1;/p+1. The number of rotatable bonds is 0. The normalized spacial score (nSPS) is 10.4. The van der Waals surface area contributed by atoms with E-state index in [9.17, 15) is 30.4 Å². The summed E-state index contributed by atoms with van der Waals surface area (Å²) in [6.45, 7) is 0. The predicted octanol–water partition coefficient (Wildman–Crippen LogP) is 2.28. The molecule has 0 radical (unpaired) electrons. The summed E-state index contributed by atoms with van der Waals surface area (Å²) in [5, 5.41) is 11.0. The van der Waals surface area contributed by atoms with Crippen molar-refractivity contribution < 1.29 is 35.8 Å². The maximum atomic E-state index is 11.8. The molecule has 0 fully saturated rings. The van der Waals surface area contributed by atoms with Crippen molar-refractivity contribution in [2.24, 2.45) is 0 Å². The maximum Gasteiger partial charge on any atom is 0.673 e. The average Bonchev–Trinajstić information content (AvgIpc) is 2.18. The molecule has 0 saturated heterocycles. The van der Waals surface area contributed by atoms with Gasteiger partial charge in [-0.05, 0) is 0 Å². The Bertz CT molecular complexity index is 312. The minimum absolute atomic E-state index is 0.602. The number of hydrogen-bond donors (Lipinski definition) is 1. The van der Waals surface area contributed by atoms with E-state index in [0.29, 0.717) is 0 Å². The van der Waals surface area contributed by atoms with E-state index >= 15 is 0 Å². The molecule has 17 heavy (non-hydrogen) atoms. The van der Waals surface area contributed by atoms with Crippen LogP contribution in [0.2, 0.25) is 0 Å². The van der Waals surface area contributed by atoms with Gasteiger partial charge in [-0.3, -0.25) is 0 Å². The molecule has 0 saturated carbocycles. The molecule has 10 heteroatoms.